The number of carbonyl (C=O) groups excluding carboxylic acids is 8. The number of furan rings is 4. The molecular weight excluding hydrogens is 2270 g/mol. The maximum Gasteiger partial charge on any atom is 0.217 e. The van der Waals surface area contributed by atoms with Gasteiger partial charge in [-0.25, -0.2) is 0 Å². The summed E-state index contributed by atoms with van der Waals surface area (Å²) in [5.74, 6) is 2.96. The summed E-state index contributed by atoms with van der Waals surface area (Å²) in [5.41, 5.74) is 32.1. The monoisotopic (exact) mass is 2360 g/mol. The van der Waals surface area contributed by atoms with Crippen LogP contribution in [0.2, 0.25) is 0 Å². The third-order valence-corrected chi connectivity index (χ3v) is 26.7. The molecule has 0 fully saturated rings. The summed E-state index contributed by atoms with van der Waals surface area (Å²) in [6.45, 7) is 4.88. The van der Waals surface area contributed by atoms with Crippen LogP contribution in [0.15, 0.2) is 278 Å². The first-order chi connectivity index (χ1) is 67.3. The Balaban J connectivity index is 0.000000157. The van der Waals surface area contributed by atoms with E-state index in [4.69, 9.17) is 59.6 Å². The number of hydrogen-bond donors (Lipinski definition) is 8. The number of Topliss-reactive ketones (excluding diaryl/α,β-unsaturated/α-hetero) is 2. The summed E-state index contributed by atoms with van der Waals surface area (Å²) >= 11 is 17.2. The fourth-order valence-electron chi connectivity index (χ4n) is 15.5. The number of halogens is 6. The van der Waals surface area contributed by atoms with Crippen molar-refractivity contribution in [3.63, 3.8) is 0 Å². The van der Waals surface area contributed by atoms with Gasteiger partial charge in [0.25, 0.3) is 0 Å². The molecule has 24 nitrogen and oxygen atoms in total. The first kappa shape index (κ1) is 104. The number of hydrogen-bond acceptors (Lipinski definition) is 22. The van der Waals surface area contributed by atoms with E-state index in [2.05, 4.69) is 88.0 Å². The predicted molar refractivity (Wildman–Crippen MR) is 570 cm³/mol. The number of ether oxygens (including phenoxy) is 4. The smallest absolute Gasteiger partial charge is 0.217 e. The molecule has 0 bridgehead atoms. The zero-order valence-corrected chi connectivity index (χ0v) is 86.8. The number of anilines is 2. The normalized spacial score (nSPS) is 11.0. The standard InChI is InChI=1S/C28H25Br2NO5.C28H29N3O5.C27H22Br2O5.C27H22I2O5/c2*29-21-13-18(14-22(30)28(21)34)27(33)26-20-12-11-19(35-16-17-7-3-1-4-8-17)15-24(20)36-23(26)9-5-2-6-10-25(31)32;2*1-16(30)7-10-23-25(26(31)18-13-21(28)27(32)22(29)14-18)20-9-8-19(15-24(20)34-23)33-12-11-17-5-3-2-4-6-17/h1,3-4,7-8,11-15,34H,2,5-6,9-10,16H2,(H2,31,32);1,3-4,7-8,11-15,34H,2,5-6,9-10,16,29-30H2,(H2,31,32);2*2-6,8-9,13-15,32H,7,10-12H2,1H3. The summed E-state index contributed by atoms with van der Waals surface area (Å²) in [5, 5.41) is 42.8. The molecule has 30 heteroatoms. The van der Waals surface area contributed by atoms with Gasteiger partial charge in [-0.05, 0) is 268 Å². The Morgan fingerprint density at radius 1 is 0.307 bits per heavy atom. The van der Waals surface area contributed by atoms with Gasteiger partial charge in [0.15, 0.2) is 28.9 Å². The molecule has 0 aliphatic carbocycles. The molecule has 0 aliphatic heterocycles. The van der Waals surface area contributed by atoms with Crippen molar-refractivity contribution in [1.82, 2.24) is 0 Å². The van der Waals surface area contributed by atoms with E-state index in [1.54, 1.807) is 72.8 Å². The molecule has 0 saturated carbocycles. The van der Waals surface area contributed by atoms with Crippen LogP contribution < -0.4 is 41.9 Å². The van der Waals surface area contributed by atoms with Crippen molar-refractivity contribution in [3.05, 3.63) is 357 Å². The molecule has 0 radical (unpaired) electrons. The summed E-state index contributed by atoms with van der Waals surface area (Å²) in [6, 6.07) is 74.0. The molecule has 0 aliphatic rings. The van der Waals surface area contributed by atoms with Gasteiger partial charge in [0.05, 0.1) is 71.9 Å². The highest BCUT2D eigenvalue weighted by Crippen LogP contribution is 2.43. The van der Waals surface area contributed by atoms with Gasteiger partial charge in [-0.1, -0.05) is 134 Å². The highest BCUT2D eigenvalue weighted by atomic mass is 127. The van der Waals surface area contributed by atoms with E-state index < -0.39 is 0 Å². The Bertz CT molecular complexity index is 6710. The molecule has 0 spiro atoms. The van der Waals surface area contributed by atoms with Crippen LogP contribution >= 0.6 is 109 Å². The fraction of sp³-hybridized carbons (Fsp3) is 0.200. The van der Waals surface area contributed by atoms with Gasteiger partial charge in [0, 0.05) is 132 Å². The lowest BCUT2D eigenvalue weighted by atomic mass is 9.97. The van der Waals surface area contributed by atoms with E-state index in [1.165, 1.54) is 37.1 Å². The average molecular weight is 2370 g/mol. The summed E-state index contributed by atoms with van der Waals surface area (Å²) in [7, 11) is 0. The van der Waals surface area contributed by atoms with E-state index in [1.807, 2.05) is 179 Å². The zero-order valence-electron chi connectivity index (χ0n) is 76.1. The van der Waals surface area contributed by atoms with Crippen molar-refractivity contribution in [2.45, 2.75) is 130 Å². The van der Waals surface area contributed by atoms with Crippen LogP contribution in [-0.2, 0) is 70.9 Å². The van der Waals surface area contributed by atoms with E-state index in [-0.39, 0.29) is 99.3 Å². The molecule has 0 atom stereocenters. The molecule has 16 rings (SSSR count). The maximum absolute atomic E-state index is 13.7. The summed E-state index contributed by atoms with van der Waals surface area (Å²) in [6.07, 6.45) is 8.81. The van der Waals surface area contributed by atoms with Crippen LogP contribution in [0.1, 0.15) is 187 Å². The second-order valence-corrected chi connectivity index (χ2v) is 38.8. The number of fused-ring (bicyclic) bond motifs is 4. The molecule has 4 aromatic heterocycles. The molecule has 12 N–H and O–H groups in total. The third kappa shape index (κ3) is 27.9. The van der Waals surface area contributed by atoms with Gasteiger partial charge in [-0.2, -0.15) is 0 Å². The van der Waals surface area contributed by atoms with Crippen molar-refractivity contribution in [2.24, 2.45) is 11.5 Å². The summed E-state index contributed by atoms with van der Waals surface area (Å²) < 4.78 is 51.0. The van der Waals surface area contributed by atoms with Gasteiger partial charge in [-0.3, -0.25) is 28.8 Å². The Morgan fingerprint density at radius 2 is 0.586 bits per heavy atom. The fourth-order valence-corrected chi connectivity index (χ4v) is 19.6. The van der Waals surface area contributed by atoms with E-state index in [9.17, 15) is 58.8 Å². The minimum atomic E-state index is -0.333. The van der Waals surface area contributed by atoms with Gasteiger partial charge in [0.1, 0.15) is 110 Å². The molecular formula is C110H98Br4I2N4O20. The van der Waals surface area contributed by atoms with Crippen molar-refractivity contribution in [2.75, 3.05) is 24.7 Å². The van der Waals surface area contributed by atoms with Crippen LogP contribution in [0.3, 0.4) is 0 Å². The van der Waals surface area contributed by atoms with Crippen molar-refractivity contribution in [1.29, 1.82) is 0 Å². The maximum atomic E-state index is 13.7. The Morgan fingerprint density at radius 3 is 0.886 bits per heavy atom. The number of phenols is 4. The number of benzene rings is 12. The highest BCUT2D eigenvalue weighted by molar-refractivity contribution is 14.1. The number of phenolic OH excluding ortho intramolecular Hbond substituents is 4. The molecule has 16 aromatic rings. The lowest BCUT2D eigenvalue weighted by molar-refractivity contribution is -0.119. The van der Waals surface area contributed by atoms with Crippen molar-refractivity contribution < 1.29 is 95.4 Å². The quantitative estimate of drug-likeness (QED) is 0.00581. The Kier molecular flexibility index (Phi) is 37.2. The van der Waals surface area contributed by atoms with Gasteiger partial charge in [-0.15, -0.1) is 0 Å². The molecule has 0 unspecified atom stereocenters. The minimum absolute atomic E-state index is 0.0129. The first-order valence-electron chi connectivity index (χ1n) is 44.9. The lowest BCUT2D eigenvalue weighted by Gasteiger charge is -2.08. The van der Waals surface area contributed by atoms with E-state index >= 15 is 0 Å². The predicted octanol–water partition coefficient (Wildman–Crippen LogP) is 25.5. The molecule has 4 heterocycles. The largest absolute Gasteiger partial charge is 0.506 e. The number of primary amides is 2. The highest BCUT2D eigenvalue weighted by Gasteiger charge is 2.30. The molecule has 140 heavy (non-hydrogen) atoms. The van der Waals surface area contributed by atoms with Crippen molar-refractivity contribution in [3.8, 4) is 46.0 Å². The summed E-state index contributed by atoms with van der Waals surface area (Å²) in [4.78, 5) is 99.6. The number of unbranched alkanes of at least 4 members (excludes halogenated alkanes) is 4. The second-order valence-electron chi connectivity index (χ2n) is 33.1. The number of rotatable bonds is 40. The average Bonchev–Trinajstić information content (AvgIpc) is 1.63. The topological polar surface area (TPSA) is 411 Å². The SMILES string of the molecule is CC(=O)CCc1oc2cc(OCCc3ccccc3)ccc2c1C(=O)c1cc(Br)c(O)c(Br)c1.CC(=O)CCc1oc2cc(OCCc3ccccc3)ccc2c1C(=O)c1cc(I)c(O)c(I)c1.NC(=O)CCCCCc1oc2cc(OCc3ccccc3)ccc2c1C(=O)c1cc(Br)c(O)c(Br)c1.NC(=O)CCCCCc1oc2cc(OCc3ccccc3)ccc2c1C(=O)c1cc(N)c(O)c(N)c1. The van der Waals surface area contributed by atoms with Crippen LogP contribution in [0.4, 0.5) is 11.4 Å². The van der Waals surface area contributed by atoms with Crippen LogP contribution in [0.5, 0.6) is 46.0 Å². The molecule has 12 aromatic carbocycles. The van der Waals surface area contributed by atoms with Gasteiger partial charge in [0.2, 0.25) is 11.8 Å². The van der Waals surface area contributed by atoms with E-state index in [0.29, 0.717) is 238 Å². The van der Waals surface area contributed by atoms with Crippen LogP contribution in [0, 0.1) is 7.14 Å². The molecule has 2 amide bonds. The van der Waals surface area contributed by atoms with Crippen LogP contribution in [0.25, 0.3) is 43.9 Å². The molecule has 0 saturated heterocycles. The number of carbonyl (C=O) groups is 8. The number of nitrogens with two attached hydrogens (primary N) is 4. The number of aryl methyl sites for hydroxylation is 4. The van der Waals surface area contributed by atoms with Crippen LogP contribution in [-0.4, -0.2) is 80.2 Å². The first-order valence-corrected chi connectivity index (χ1v) is 50.2. The third-order valence-electron chi connectivity index (χ3n) is 22.7. The van der Waals surface area contributed by atoms with Gasteiger partial charge >= 0.3 is 0 Å². The van der Waals surface area contributed by atoms with E-state index in [0.717, 1.165) is 43.2 Å². The number of amides is 2. The second kappa shape index (κ2) is 49.8. The van der Waals surface area contributed by atoms with Crippen molar-refractivity contribution >= 4 is 211 Å². The Labute approximate surface area is 867 Å². The zero-order chi connectivity index (χ0) is 99.8. The Hall–Kier alpha value is -12.9. The molecule has 720 valence electrons. The van der Waals surface area contributed by atoms with Gasteiger partial charge < -0.3 is 89.6 Å². The number of ketones is 6. The minimum Gasteiger partial charge on any atom is -0.506 e. The lowest BCUT2D eigenvalue weighted by Crippen LogP contribution is -2.09. The number of nitrogen functional groups attached to an aromatic ring is 2. The number of aromatic hydroxyl groups is 4.